The van der Waals surface area contributed by atoms with Crippen molar-refractivity contribution in [1.82, 2.24) is 5.32 Å². The first-order chi connectivity index (χ1) is 9.31. The van der Waals surface area contributed by atoms with Crippen LogP contribution in [0.1, 0.15) is 24.8 Å². The monoisotopic (exact) mass is 328 g/mol. The topological polar surface area (TPSA) is 56.5 Å². The van der Waals surface area contributed by atoms with Crippen LogP contribution in [0.4, 0.5) is 0 Å². The van der Waals surface area contributed by atoms with Crippen LogP contribution >= 0.6 is 15.9 Å². The molecule has 1 aliphatic heterocycles. The molecule has 2 rings (SSSR count). The van der Waals surface area contributed by atoms with Gasteiger partial charge in [-0.25, -0.2) is 0 Å². The zero-order chi connectivity index (χ0) is 13.5. The average molecular weight is 329 g/mol. The molecule has 0 unspecified atom stereocenters. The second kappa shape index (κ2) is 7.72. The van der Waals surface area contributed by atoms with Gasteiger partial charge in [0.05, 0.1) is 17.7 Å². The van der Waals surface area contributed by atoms with Crippen molar-refractivity contribution in [2.45, 2.75) is 25.8 Å². The molecule has 0 spiro atoms. The highest BCUT2D eigenvalue weighted by molar-refractivity contribution is 9.10. The Bertz CT molecular complexity index is 413. The standard InChI is InChI=1S/C14H21BrN2O2/c15-12-8-11(10-17-5-2-1-4-16)9-13-14(12)19-7-3-6-18-13/h8-9,17H,1-7,10,16H2. The van der Waals surface area contributed by atoms with Gasteiger partial charge in [-0.2, -0.15) is 0 Å². The van der Waals surface area contributed by atoms with Gasteiger partial charge in [-0.05, 0) is 59.6 Å². The summed E-state index contributed by atoms with van der Waals surface area (Å²) in [6.45, 7) is 4.01. The minimum Gasteiger partial charge on any atom is -0.490 e. The molecule has 0 saturated carbocycles. The number of hydrogen-bond donors (Lipinski definition) is 2. The van der Waals surface area contributed by atoms with Crippen molar-refractivity contribution in [2.24, 2.45) is 5.73 Å². The van der Waals surface area contributed by atoms with Crippen molar-refractivity contribution in [3.05, 3.63) is 22.2 Å². The number of unbranched alkanes of at least 4 members (excludes halogenated alkanes) is 1. The molecule has 1 aromatic rings. The molecular formula is C14H21BrN2O2. The quantitative estimate of drug-likeness (QED) is 0.787. The van der Waals surface area contributed by atoms with E-state index in [1.54, 1.807) is 0 Å². The highest BCUT2D eigenvalue weighted by atomic mass is 79.9. The van der Waals surface area contributed by atoms with Crippen LogP contribution in [0.15, 0.2) is 16.6 Å². The molecule has 1 aliphatic rings. The Morgan fingerprint density at radius 2 is 2.05 bits per heavy atom. The van der Waals surface area contributed by atoms with Crippen LogP contribution in [0, 0.1) is 0 Å². The molecule has 0 aliphatic carbocycles. The minimum absolute atomic E-state index is 0.711. The summed E-state index contributed by atoms with van der Waals surface area (Å²) in [7, 11) is 0. The molecule has 0 radical (unpaired) electrons. The van der Waals surface area contributed by atoms with E-state index in [9.17, 15) is 0 Å². The van der Waals surface area contributed by atoms with Crippen molar-refractivity contribution in [3.63, 3.8) is 0 Å². The number of ether oxygens (including phenoxy) is 2. The normalized spacial score (nSPS) is 14.2. The zero-order valence-corrected chi connectivity index (χ0v) is 12.7. The number of nitrogens with one attached hydrogen (secondary N) is 1. The van der Waals surface area contributed by atoms with Gasteiger partial charge in [0.15, 0.2) is 11.5 Å². The summed E-state index contributed by atoms with van der Waals surface area (Å²) >= 11 is 3.55. The lowest BCUT2D eigenvalue weighted by Crippen LogP contribution is -2.16. The molecule has 0 fully saturated rings. The van der Waals surface area contributed by atoms with Gasteiger partial charge in [-0.15, -0.1) is 0 Å². The van der Waals surface area contributed by atoms with E-state index in [2.05, 4.69) is 33.4 Å². The van der Waals surface area contributed by atoms with Gasteiger partial charge in [0, 0.05) is 13.0 Å². The zero-order valence-electron chi connectivity index (χ0n) is 11.1. The van der Waals surface area contributed by atoms with Crippen LogP contribution in [0.2, 0.25) is 0 Å². The maximum Gasteiger partial charge on any atom is 0.175 e. The molecule has 0 saturated heterocycles. The van der Waals surface area contributed by atoms with Crippen molar-refractivity contribution in [2.75, 3.05) is 26.3 Å². The number of nitrogens with two attached hydrogens (primary N) is 1. The molecule has 19 heavy (non-hydrogen) atoms. The lowest BCUT2D eigenvalue weighted by molar-refractivity contribution is 0.296. The molecule has 1 heterocycles. The van der Waals surface area contributed by atoms with Crippen LogP contribution in [-0.4, -0.2) is 26.3 Å². The third-order valence-corrected chi connectivity index (χ3v) is 3.59. The van der Waals surface area contributed by atoms with Gasteiger partial charge >= 0.3 is 0 Å². The summed E-state index contributed by atoms with van der Waals surface area (Å²) in [5.74, 6) is 1.66. The Balaban J connectivity index is 1.94. The number of halogens is 1. The van der Waals surface area contributed by atoms with E-state index in [1.165, 1.54) is 5.56 Å². The second-order valence-corrected chi connectivity index (χ2v) is 5.48. The van der Waals surface area contributed by atoms with E-state index in [4.69, 9.17) is 15.2 Å². The maximum atomic E-state index is 5.72. The second-order valence-electron chi connectivity index (χ2n) is 4.63. The molecule has 0 aromatic heterocycles. The van der Waals surface area contributed by atoms with Crippen molar-refractivity contribution >= 4 is 15.9 Å². The Morgan fingerprint density at radius 3 is 2.89 bits per heavy atom. The fourth-order valence-electron chi connectivity index (χ4n) is 2.01. The minimum atomic E-state index is 0.711. The molecular weight excluding hydrogens is 308 g/mol. The highest BCUT2D eigenvalue weighted by Gasteiger charge is 2.14. The van der Waals surface area contributed by atoms with E-state index in [-0.39, 0.29) is 0 Å². The highest BCUT2D eigenvalue weighted by Crippen LogP contribution is 2.38. The summed E-state index contributed by atoms with van der Waals surface area (Å²) in [5.41, 5.74) is 6.67. The van der Waals surface area contributed by atoms with Gasteiger partial charge in [0.25, 0.3) is 0 Å². The lowest BCUT2D eigenvalue weighted by atomic mass is 10.2. The maximum absolute atomic E-state index is 5.72. The third-order valence-electron chi connectivity index (χ3n) is 3.00. The Morgan fingerprint density at radius 1 is 1.21 bits per heavy atom. The van der Waals surface area contributed by atoms with E-state index >= 15 is 0 Å². The summed E-state index contributed by atoms with van der Waals surface area (Å²) in [4.78, 5) is 0. The first-order valence-corrected chi connectivity index (χ1v) is 7.59. The predicted molar refractivity (Wildman–Crippen MR) is 79.7 cm³/mol. The fraction of sp³-hybridized carbons (Fsp3) is 0.571. The van der Waals surface area contributed by atoms with Gasteiger partial charge in [-0.3, -0.25) is 0 Å². The largest absolute Gasteiger partial charge is 0.490 e. The average Bonchev–Trinajstić information content (AvgIpc) is 2.64. The molecule has 0 atom stereocenters. The Kier molecular flexibility index (Phi) is 5.94. The number of hydrogen-bond acceptors (Lipinski definition) is 4. The van der Waals surface area contributed by atoms with Crippen molar-refractivity contribution in [3.8, 4) is 11.5 Å². The van der Waals surface area contributed by atoms with Gasteiger partial charge in [-0.1, -0.05) is 0 Å². The number of rotatable bonds is 6. The summed E-state index contributed by atoms with van der Waals surface area (Å²) in [6.07, 6.45) is 3.11. The predicted octanol–water partition coefficient (Wildman–Crippen LogP) is 2.44. The molecule has 106 valence electrons. The molecule has 0 amide bonds. The summed E-state index contributed by atoms with van der Waals surface area (Å²) in [5, 5.41) is 3.41. The van der Waals surface area contributed by atoms with Crippen LogP contribution < -0.4 is 20.5 Å². The van der Waals surface area contributed by atoms with Crippen LogP contribution in [0.3, 0.4) is 0 Å². The van der Waals surface area contributed by atoms with E-state index in [1.807, 2.05) is 0 Å². The van der Waals surface area contributed by atoms with Gasteiger partial charge in [0.2, 0.25) is 0 Å². The van der Waals surface area contributed by atoms with Crippen LogP contribution in [0.25, 0.3) is 0 Å². The Labute approximate surface area is 122 Å². The number of fused-ring (bicyclic) bond motifs is 1. The Hall–Kier alpha value is -0.780. The van der Waals surface area contributed by atoms with Gasteiger partial charge < -0.3 is 20.5 Å². The van der Waals surface area contributed by atoms with Crippen LogP contribution in [0.5, 0.6) is 11.5 Å². The number of benzene rings is 1. The summed E-state index contributed by atoms with van der Waals surface area (Å²) < 4.78 is 12.4. The van der Waals surface area contributed by atoms with E-state index < -0.39 is 0 Å². The first-order valence-electron chi connectivity index (χ1n) is 6.80. The smallest absolute Gasteiger partial charge is 0.175 e. The molecule has 4 nitrogen and oxygen atoms in total. The van der Waals surface area contributed by atoms with Crippen LogP contribution in [-0.2, 0) is 6.54 Å². The molecule has 3 N–H and O–H groups in total. The van der Waals surface area contributed by atoms with E-state index in [0.29, 0.717) is 13.2 Å². The third kappa shape index (κ3) is 4.37. The van der Waals surface area contributed by atoms with Crippen molar-refractivity contribution < 1.29 is 9.47 Å². The van der Waals surface area contributed by atoms with Crippen molar-refractivity contribution in [1.29, 1.82) is 0 Å². The fourth-order valence-corrected chi connectivity index (χ4v) is 2.62. The van der Waals surface area contributed by atoms with E-state index in [0.717, 1.165) is 54.9 Å². The molecule has 1 aromatic carbocycles. The SMILES string of the molecule is NCCCCNCc1cc(Br)c2c(c1)OCCCO2. The lowest BCUT2D eigenvalue weighted by Gasteiger charge is -2.12. The van der Waals surface area contributed by atoms with Gasteiger partial charge in [0.1, 0.15) is 0 Å². The summed E-state index contributed by atoms with van der Waals surface area (Å²) in [6, 6.07) is 4.14. The first kappa shape index (κ1) is 14.6. The molecule has 5 heteroatoms. The molecule has 0 bridgehead atoms.